The number of carboxylic acids is 1. The lowest BCUT2D eigenvalue weighted by atomic mass is 10.1. The Labute approximate surface area is 100 Å². The molecular formula is C12H9F2NO3. The van der Waals surface area contributed by atoms with E-state index in [1.807, 2.05) is 0 Å². The normalized spacial score (nSPS) is 11.1. The molecule has 2 rings (SSSR count). The van der Waals surface area contributed by atoms with Crippen molar-refractivity contribution in [3.8, 4) is 0 Å². The van der Waals surface area contributed by atoms with Gasteiger partial charge in [-0.2, -0.15) is 0 Å². The molecule has 0 saturated heterocycles. The zero-order valence-corrected chi connectivity index (χ0v) is 9.11. The second kappa shape index (κ2) is 4.56. The molecule has 0 aliphatic heterocycles. The van der Waals surface area contributed by atoms with Gasteiger partial charge in [-0.15, -0.1) is 0 Å². The monoisotopic (exact) mass is 253 g/mol. The maximum absolute atomic E-state index is 12.3. The van der Waals surface area contributed by atoms with Crippen LogP contribution in [0.3, 0.4) is 0 Å². The van der Waals surface area contributed by atoms with Gasteiger partial charge in [0.25, 0.3) is 5.78 Å². The van der Waals surface area contributed by atoms with Crippen molar-refractivity contribution in [1.29, 1.82) is 0 Å². The summed E-state index contributed by atoms with van der Waals surface area (Å²) in [7, 11) is 0. The number of rotatable bonds is 4. The average Bonchev–Trinajstić information content (AvgIpc) is 2.70. The first-order chi connectivity index (χ1) is 8.49. The molecule has 0 spiro atoms. The fraction of sp³-hybridized carbons (Fsp3) is 0.167. The number of benzene rings is 1. The largest absolute Gasteiger partial charge is 0.475 e. The van der Waals surface area contributed by atoms with Gasteiger partial charge in [0.1, 0.15) is 0 Å². The third-order valence-corrected chi connectivity index (χ3v) is 2.58. The Bertz CT molecular complexity index is 619. The number of Topliss-reactive ketones (excluding diaryl/α,β-unsaturated/α-hetero) is 1. The lowest BCUT2D eigenvalue weighted by Gasteiger charge is -2.01. The molecule has 1 aromatic carbocycles. The van der Waals surface area contributed by atoms with Crippen molar-refractivity contribution >= 4 is 22.7 Å². The number of nitrogens with one attached hydrogen (secondary N) is 1. The van der Waals surface area contributed by atoms with Crippen molar-refractivity contribution in [3.05, 3.63) is 35.5 Å². The highest BCUT2D eigenvalue weighted by atomic mass is 19.3. The van der Waals surface area contributed by atoms with Crippen LogP contribution in [0.15, 0.2) is 24.4 Å². The van der Waals surface area contributed by atoms with Crippen molar-refractivity contribution in [1.82, 2.24) is 4.98 Å². The first kappa shape index (κ1) is 12.2. The summed E-state index contributed by atoms with van der Waals surface area (Å²) in [6.07, 6.45) is -1.64. The van der Waals surface area contributed by atoms with E-state index in [9.17, 15) is 18.4 Å². The fourth-order valence-corrected chi connectivity index (χ4v) is 1.78. The van der Waals surface area contributed by atoms with Crippen LogP contribution in [0.5, 0.6) is 0 Å². The van der Waals surface area contributed by atoms with Gasteiger partial charge in [0.15, 0.2) is 0 Å². The smallest absolute Gasteiger partial charge is 0.377 e. The Morgan fingerprint density at radius 1 is 1.33 bits per heavy atom. The number of aromatic nitrogens is 1. The molecule has 0 unspecified atom stereocenters. The number of fused-ring (bicyclic) bond motifs is 1. The van der Waals surface area contributed by atoms with Gasteiger partial charge in [0.05, 0.1) is 5.56 Å². The highest BCUT2D eigenvalue weighted by Gasteiger charge is 2.19. The zero-order chi connectivity index (χ0) is 13.3. The van der Waals surface area contributed by atoms with Crippen LogP contribution in [0.25, 0.3) is 10.9 Å². The van der Waals surface area contributed by atoms with E-state index in [-0.39, 0.29) is 5.56 Å². The van der Waals surface area contributed by atoms with Gasteiger partial charge >= 0.3 is 5.97 Å². The van der Waals surface area contributed by atoms with Crippen LogP contribution in [0.1, 0.15) is 15.9 Å². The van der Waals surface area contributed by atoms with Crippen molar-refractivity contribution in [3.63, 3.8) is 0 Å². The summed E-state index contributed by atoms with van der Waals surface area (Å²) in [5.74, 6) is -2.63. The van der Waals surface area contributed by atoms with Crippen LogP contribution in [0, 0.1) is 0 Å². The van der Waals surface area contributed by atoms with Gasteiger partial charge in [0, 0.05) is 23.5 Å². The number of carbonyl (C=O) groups excluding carboxylic acids is 1. The second-order valence-electron chi connectivity index (χ2n) is 3.81. The predicted molar refractivity (Wildman–Crippen MR) is 60.0 cm³/mol. The van der Waals surface area contributed by atoms with Crippen LogP contribution < -0.4 is 0 Å². The van der Waals surface area contributed by atoms with E-state index in [1.54, 1.807) is 6.07 Å². The van der Waals surface area contributed by atoms with E-state index in [1.165, 1.54) is 18.3 Å². The third kappa shape index (κ3) is 2.22. The molecule has 4 nitrogen and oxygen atoms in total. The highest BCUT2D eigenvalue weighted by molar-refractivity contribution is 6.42. The molecule has 2 aromatic rings. The number of hydrogen-bond acceptors (Lipinski definition) is 2. The van der Waals surface area contributed by atoms with Crippen LogP contribution in [0.4, 0.5) is 8.78 Å². The van der Waals surface area contributed by atoms with Gasteiger partial charge in [-0.05, 0) is 17.7 Å². The number of aromatic amines is 1. The summed E-state index contributed by atoms with van der Waals surface area (Å²) in [5.41, 5.74) is 0.878. The molecule has 0 fully saturated rings. The Hall–Kier alpha value is -2.24. The molecule has 0 aliphatic carbocycles. The number of carbonyl (C=O) groups is 2. The maximum Gasteiger partial charge on any atom is 0.377 e. The molecule has 0 amide bonds. The first-order valence-corrected chi connectivity index (χ1v) is 5.15. The minimum absolute atomic E-state index is 0.0198. The molecule has 1 heterocycles. The van der Waals surface area contributed by atoms with E-state index >= 15 is 0 Å². The fourth-order valence-electron chi connectivity index (χ4n) is 1.78. The minimum Gasteiger partial charge on any atom is -0.475 e. The van der Waals surface area contributed by atoms with Crippen LogP contribution in [-0.2, 0) is 11.2 Å². The SMILES string of the molecule is O=C(O)C(=O)c1c[nH]c2ccc(CC(F)F)cc12. The van der Waals surface area contributed by atoms with Crippen molar-refractivity contribution < 1.29 is 23.5 Å². The summed E-state index contributed by atoms with van der Waals surface area (Å²) >= 11 is 0. The Morgan fingerprint density at radius 3 is 2.67 bits per heavy atom. The number of halogens is 2. The van der Waals surface area contributed by atoms with Gasteiger partial charge < -0.3 is 10.1 Å². The van der Waals surface area contributed by atoms with Gasteiger partial charge in [-0.25, -0.2) is 13.6 Å². The van der Waals surface area contributed by atoms with E-state index in [0.29, 0.717) is 16.5 Å². The summed E-state index contributed by atoms with van der Waals surface area (Å²) < 4.78 is 24.5. The summed E-state index contributed by atoms with van der Waals surface area (Å²) in [6.45, 7) is 0. The Balaban J connectivity index is 2.49. The molecule has 0 saturated carbocycles. The second-order valence-corrected chi connectivity index (χ2v) is 3.81. The van der Waals surface area contributed by atoms with Crippen LogP contribution in [-0.4, -0.2) is 28.3 Å². The molecule has 94 valence electrons. The van der Waals surface area contributed by atoms with E-state index < -0.39 is 24.6 Å². The van der Waals surface area contributed by atoms with E-state index in [4.69, 9.17) is 5.11 Å². The molecule has 1 aromatic heterocycles. The van der Waals surface area contributed by atoms with Gasteiger partial charge in [-0.3, -0.25) is 4.79 Å². The Morgan fingerprint density at radius 2 is 2.06 bits per heavy atom. The number of H-pyrrole nitrogens is 1. The molecule has 6 heteroatoms. The summed E-state index contributed by atoms with van der Waals surface area (Å²) in [6, 6.07) is 4.47. The number of alkyl halides is 2. The third-order valence-electron chi connectivity index (χ3n) is 2.58. The lowest BCUT2D eigenvalue weighted by Crippen LogP contribution is -2.12. The van der Waals surface area contributed by atoms with Gasteiger partial charge in [0.2, 0.25) is 6.43 Å². The van der Waals surface area contributed by atoms with Gasteiger partial charge in [-0.1, -0.05) is 6.07 Å². The summed E-state index contributed by atoms with van der Waals surface area (Å²) in [5, 5.41) is 8.99. The van der Waals surface area contributed by atoms with Crippen molar-refractivity contribution in [2.24, 2.45) is 0 Å². The number of aliphatic carboxylic acids is 1. The Kier molecular flexibility index (Phi) is 3.10. The van der Waals surface area contributed by atoms with E-state index in [2.05, 4.69) is 4.98 Å². The highest BCUT2D eigenvalue weighted by Crippen LogP contribution is 2.21. The zero-order valence-electron chi connectivity index (χ0n) is 9.11. The standard InChI is InChI=1S/C12H9F2NO3/c13-10(14)4-6-1-2-9-7(3-6)8(5-15-9)11(16)12(17)18/h1-3,5,10,15H,4H2,(H,17,18). The molecule has 0 atom stereocenters. The van der Waals surface area contributed by atoms with Crippen molar-refractivity contribution in [2.75, 3.05) is 0 Å². The van der Waals surface area contributed by atoms with E-state index in [0.717, 1.165) is 0 Å². The maximum atomic E-state index is 12.3. The van der Waals surface area contributed by atoms with Crippen LogP contribution in [0.2, 0.25) is 0 Å². The molecular weight excluding hydrogens is 244 g/mol. The molecule has 0 radical (unpaired) electrons. The minimum atomic E-state index is -2.49. The van der Waals surface area contributed by atoms with Crippen molar-refractivity contribution in [2.45, 2.75) is 12.8 Å². The first-order valence-electron chi connectivity index (χ1n) is 5.15. The average molecular weight is 253 g/mol. The summed E-state index contributed by atoms with van der Waals surface area (Å²) in [4.78, 5) is 24.7. The predicted octanol–water partition coefficient (Wildman–Crippen LogP) is 2.24. The number of ketones is 1. The lowest BCUT2D eigenvalue weighted by molar-refractivity contribution is -0.131. The van der Waals surface area contributed by atoms with Crippen LogP contribution >= 0.6 is 0 Å². The number of carboxylic acid groups (broad SMARTS) is 1. The topological polar surface area (TPSA) is 70.2 Å². The molecule has 2 N–H and O–H groups in total. The quantitative estimate of drug-likeness (QED) is 0.648. The molecule has 0 bridgehead atoms. The molecule has 0 aliphatic rings. The number of hydrogen-bond donors (Lipinski definition) is 2. The molecule has 18 heavy (non-hydrogen) atoms.